The third-order valence-corrected chi connectivity index (χ3v) is 3.97. The molecule has 2 nitrogen and oxygen atoms in total. The fraction of sp³-hybridized carbons (Fsp3) is 0.571. The molecule has 0 spiro atoms. The van der Waals surface area contributed by atoms with Crippen molar-refractivity contribution in [1.82, 2.24) is 0 Å². The van der Waals surface area contributed by atoms with Gasteiger partial charge in [-0.1, -0.05) is 47.6 Å². The SMILES string of the molecule is COc1ccc(C(CI)OCCC2CC2)cc1. The first-order valence-electron chi connectivity index (χ1n) is 6.15. The standard InChI is InChI=1S/C14H19IO2/c1-16-13-6-4-12(5-7-13)14(10-15)17-9-8-11-2-3-11/h4-7,11,14H,2-3,8-10H2,1H3. The van der Waals surface area contributed by atoms with Crippen LogP contribution in [-0.4, -0.2) is 18.1 Å². The van der Waals surface area contributed by atoms with E-state index in [0.717, 1.165) is 22.7 Å². The van der Waals surface area contributed by atoms with Crippen LogP contribution in [-0.2, 0) is 4.74 Å². The van der Waals surface area contributed by atoms with Crippen LogP contribution in [0.1, 0.15) is 30.9 Å². The predicted molar refractivity (Wildman–Crippen MR) is 77.9 cm³/mol. The summed E-state index contributed by atoms with van der Waals surface area (Å²) in [7, 11) is 1.69. The summed E-state index contributed by atoms with van der Waals surface area (Å²) < 4.78 is 12.1. The van der Waals surface area contributed by atoms with Crippen LogP contribution in [0.15, 0.2) is 24.3 Å². The zero-order valence-corrected chi connectivity index (χ0v) is 12.4. The number of ether oxygens (including phenoxy) is 2. The number of halogens is 1. The molecule has 0 radical (unpaired) electrons. The predicted octanol–water partition coefficient (Wildman–Crippen LogP) is 3.99. The van der Waals surface area contributed by atoms with Crippen LogP contribution in [0.4, 0.5) is 0 Å². The average molecular weight is 346 g/mol. The topological polar surface area (TPSA) is 18.5 Å². The zero-order chi connectivity index (χ0) is 12.1. The Kier molecular flexibility index (Phi) is 5.10. The number of hydrogen-bond donors (Lipinski definition) is 0. The minimum atomic E-state index is 0.222. The van der Waals surface area contributed by atoms with Gasteiger partial charge in [-0.05, 0) is 30.0 Å². The molecular weight excluding hydrogens is 327 g/mol. The van der Waals surface area contributed by atoms with Crippen molar-refractivity contribution in [1.29, 1.82) is 0 Å². The van der Waals surface area contributed by atoms with Crippen molar-refractivity contribution >= 4 is 22.6 Å². The first kappa shape index (κ1) is 13.1. The summed E-state index contributed by atoms with van der Waals surface area (Å²) in [5.41, 5.74) is 1.25. The van der Waals surface area contributed by atoms with Crippen LogP contribution < -0.4 is 4.74 Å². The monoisotopic (exact) mass is 346 g/mol. The molecule has 2 rings (SSSR count). The molecule has 0 N–H and O–H groups in total. The van der Waals surface area contributed by atoms with Gasteiger partial charge < -0.3 is 9.47 Å². The van der Waals surface area contributed by atoms with Gasteiger partial charge in [0.2, 0.25) is 0 Å². The van der Waals surface area contributed by atoms with Crippen LogP contribution in [0.2, 0.25) is 0 Å². The minimum absolute atomic E-state index is 0.222. The van der Waals surface area contributed by atoms with Gasteiger partial charge in [-0.3, -0.25) is 0 Å². The molecule has 0 heterocycles. The van der Waals surface area contributed by atoms with Crippen molar-refractivity contribution in [3.05, 3.63) is 29.8 Å². The molecule has 1 aromatic rings. The molecule has 1 atom stereocenters. The Morgan fingerprint density at radius 1 is 1.29 bits per heavy atom. The summed E-state index contributed by atoms with van der Waals surface area (Å²) in [6.45, 7) is 0.893. The van der Waals surface area contributed by atoms with E-state index < -0.39 is 0 Å². The second kappa shape index (κ2) is 6.59. The largest absolute Gasteiger partial charge is 0.497 e. The number of alkyl halides is 1. The van der Waals surface area contributed by atoms with E-state index in [2.05, 4.69) is 34.7 Å². The van der Waals surface area contributed by atoms with Crippen molar-refractivity contribution in [2.75, 3.05) is 18.1 Å². The van der Waals surface area contributed by atoms with E-state index in [9.17, 15) is 0 Å². The van der Waals surface area contributed by atoms with Crippen LogP contribution in [0.5, 0.6) is 5.75 Å². The second-order valence-electron chi connectivity index (χ2n) is 4.52. The summed E-state index contributed by atoms with van der Waals surface area (Å²) in [6.07, 6.45) is 4.26. The Morgan fingerprint density at radius 3 is 2.53 bits per heavy atom. The maximum atomic E-state index is 5.95. The lowest BCUT2D eigenvalue weighted by Crippen LogP contribution is -2.07. The fourth-order valence-electron chi connectivity index (χ4n) is 1.83. The number of benzene rings is 1. The summed E-state index contributed by atoms with van der Waals surface area (Å²) in [6, 6.07) is 8.19. The molecule has 1 unspecified atom stereocenters. The first-order valence-corrected chi connectivity index (χ1v) is 7.67. The summed E-state index contributed by atoms with van der Waals surface area (Å²) in [5.74, 6) is 1.85. The molecule has 0 amide bonds. The van der Waals surface area contributed by atoms with E-state index in [4.69, 9.17) is 9.47 Å². The Labute approximate surface area is 117 Å². The lowest BCUT2D eigenvalue weighted by Gasteiger charge is -2.16. The van der Waals surface area contributed by atoms with E-state index in [-0.39, 0.29) is 6.10 Å². The van der Waals surface area contributed by atoms with Gasteiger partial charge >= 0.3 is 0 Å². The van der Waals surface area contributed by atoms with Gasteiger partial charge in [-0.15, -0.1) is 0 Å². The van der Waals surface area contributed by atoms with Crippen molar-refractivity contribution in [2.24, 2.45) is 5.92 Å². The van der Waals surface area contributed by atoms with Gasteiger partial charge in [-0.25, -0.2) is 0 Å². The summed E-state index contributed by atoms with van der Waals surface area (Å²) in [5, 5.41) is 0. The van der Waals surface area contributed by atoms with Gasteiger partial charge in [0.15, 0.2) is 0 Å². The maximum absolute atomic E-state index is 5.95. The number of rotatable bonds is 7. The lowest BCUT2D eigenvalue weighted by atomic mass is 10.1. The molecule has 0 aliphatic heterocycles. The summed E-state index contributed by atoms with van der Waals surface area (Å²) >= 11 is 2.39. The van der Waals surface area contributed by atoms with Crippen LogP contribution >= 0.6 is 22.6 Å². The quantitative estimate of drug-likeness (QED) is 0.549. The summed E-state index contributed by atoms with van der Waals surface area (Å²) in [4.78, 5) is 0. The Hall–Kier alpha value is -0.290. The molecule has 3 heteroatoms. The van der Waals surface area contributed by atoms with Crippen molar-refractivity contribution in [3.8, 4) is 5.75 Å². The van der Waals surface area contributed by atoms with E-state index in [1.54, 1.807) is 7.11 Å². The maximum Gasteiger partial charge on any atom is 0.118 e. The van der Waals surface area contributed by atoms with Crippen LogP contribution in [0.3, 0.4) is 0 Å². The molecule has 1 aliphatic carbocycles. The van der Waals surface area contributed by atoms with Gasteiger partial charge in [0.05, 0.1) is 13.2 Å². The fourth-order valence-corrected chi connectivity index (χ4v) is 2.59. The molecule has 1 saturated carbocycles. The highest BCUT2D eigenvalue weighted by molar-refractivity contribution is 14.1. The second-order valence-corrected chi connectivity index (χ2v) is 5.40. The number of hydrogen-bond acceptors (Lipinski definition) is 2. The number of methoxy groups -OCH3 is 1. The third-order valence-electron chi connectivity index (χ3n) is 3.17. The van der Waals surface area contributed by atoms with Gasteiger partial charge in [-0.2, -0.15) is 0 Å². The first-order chi connectivity index (χ1) is 8.33. The van der Waals surface area contributed by atoms with Crippen LogP contribution in [0.25, 0.3) is 0 Å². The Balaban J connectivity index is 1.85. The molecule has 1 fully saturated rings. The molecule has 94 valence electrons. The van der Waals surface area contributed by atoms with E-state index in [1.165, 1.54) is 24.8 Å². The average Bonchev–Trinajstić information content (AvgIpc) is 3.19. The molecule has 0 bridgehead atoms. The van der Waals surface area contributed by atoms with E-state index in [1.807, 2.05) is 12.1 Å². The molecule has 1 aromatic carbocycles. The Bertz CT molecular complexity index is 333. The van der Waals surface area contributed by atoms with Crippen LogP contribution in [0, 0.1) is 5.92 Å². The zero-order valence-electron chi connectivity index (χ0n) is 10.2. The molecule has 0 aromatic heterocycles. The highest BCUT2D eigenvalue weighted by Crippen LogP contribution is 2.33. The van der Waals surface area contributed by atoms with Crippen molar-refractivity contribution < 1.29 is 9.47 Å². The molecule has 1 aliphatic rings. The highest BCUT2D eigenvalue weighted by Gasteiger charge is 2.21. The Morgan fingerprint density at radius 2 is 2.00 bits per heavy atom. The molecule has 17 heavy (non-hydrogen) atoms. The van der Waals surface area contributed by atoms with Crippen molar-refractivity contribution in [2.45, 2.75) is 25.4 Å². The minimum Gasteiger partial charge on any atom is -0.497 e. The van der Waals surface area contributed by atoms with E-state index in [0.29, 0.717) is 0 Å². The normalized spacial score (nSPS) is 16.8. The smallest absolute Gasteiger partial charge is 0.118 e. The molecular formula is C14H19IO2. The van der Waals surface area contributed by atoms with Gasteiger partial charge in [0.25, 0.3) is 0 Å². The third kappa shape index (κ3) is 4.14. The highest BCUT2D eigenvalue weighted by atomic mass is 127. The van der Waals surface area contributed by atoms with Gasteiger partial charge in [0, 0.05) is 11.0 Å². The van der Waals surface area contributed by atoms with E-state index >= 15 is 0 Å². The molecule has 0 saturated heterocycles. The lowest BCUT2D eigenvalue weighted by molar-refractivity contribution is 0.0665. The van der Waals surface area contributed by atoms with Crippen molar-refractivity contribution in [3.63, 3.8) is 0 Å². The van der Waals surface area contributed by atoms with Gasteiger partial charge in [0.1, 0.15) is 5.75 Å².